The Morgan fingerprint density at radius 2 is 0.750 bits per heavy atom. The first-order valence-corrected chi connectivity index (χ1v) is 30.7. The molecule has 18 rings (SSSR count). The van der Waals surface area contributed by atoms with Gasteiger partial charge in [-0.3, -0.25) is 0 Å². The lowest BCUT2D eigenvalue weighted by Crippen LogP contribution is -2.29. The molecule has 1 heterocycles. The van der Waals surface area contributed by atoms with Gasteiger partial charge in [0.05, 0.1) is 27.6 Å². The number of rotatable bonds is 10. The van der Waals surface area contributed by atoms with Crippen molar-refractivity contribution in [2.24, 2.45) is 0 Å². The molecule has 0 saturated carbocycles. The summed E-state index contributed by atoms with van der Waals surface area (Å²) in [7, 11) is 0. The molecule has 0 radical (unpaired) electrons. The number of hydrogen-bond donors (Lipinski definition) is 0. The van der Waals surface area contributed by atoms with Crippen molar-refractivity contribution >= 4 is 60.4 Å². The van der Waals surface area contributed by atoms with Crippen LogP contribution in [0.4, 0.5) is 17.1 Å². The zero-order valence-electron chi connectivity index (χ0n) is 48.2. The van der Waals surface area contributed by atoms with Crippen molar-refractivity contribution in [1.29, 1.82) is 0 Å². The van der Waals surface area contributed by atoms with Crippen LogP contribution in [0.3, 0.4) is 0 Å². The molecule has 0 atom stereocenters. The predicted octanol–water partition coefficient (Wildman–Crippen LogP) is 22.1. The molecule has 0 spiro atoms. The van der Waals surface area contributed by atoms with Crippen LogP contribution in [0.15, 0.2) is 340 Å². The van der Waals surface area contributed by atoms with E-state index in [0.717, 1.165) is 28.3 Å². The molecule has 2 aliphatic rings. The van der Waals surface area contributed by atoms with Crippen LogP contribution >= 0.6 is 0 Å². The SMILES string of the molecule is c1ccc(-c2ccc3cc2c2c4c(cc3c2N(c2ccc(-c3ccc5c(c3)c3ccccc3n5-c3ccccc3)cc2)c2ccc3c(c2)C(c2ccccc2)(c2ccccc2)c2ccccc2-3)-c2ccccc2C4(c2ccccc2)c2ccccc2)cc1. The third-order valence-electron chi connectivity index (χ3n) is 19.5. The number of hydrogen-bond acceptors (Lipinski definition) is 1. The van der Waals surface area contributed by atoms with Crippen LogP contribution < -0.4 is 4.90 Å². The summed E-state index contributed by atoms with van der Waals surface area (Å²) < 4.78 is 2.39. The molecule has 4 bridgehead atoms. The van der Waals surface area contributed by atoms with Gasteiger partial charge in [0, 0.05) is 38.6 Å². The molecular formula is C86H56N2. The van der Waals surface area contributed by atoms with E-state index in [2.05, 4.69) is 349 Å². The number of anilines is 3. The normalized spacial score (nSPS) is 13.4. The summed E-state index contributed by atoms with van der Waals surface area (Å²) in [6.45, 7) is 0. The van der Waals surface area contributed by atoms with Gasteiger partial charge in [-0.25, -0.2) is 0 Å². The molecule has 88 heavy (non-hydrogen) atoms. The van der Waals surface area contributed by atoms with Crippen LogP contribution in [0, 0.1) is 0 Å². The second-order valence-electron chi connectivity index (χ2n) is 23.8. The summed E-state index contributed by atoms with van der Waals surface area (Å²) in [6, 6.07) is 128. The van der Waals surface area contributed by atoms with Gasteiger partial charge in [-0.05, 0) is 167 Å². The summed E-state index contributed by atoms with van der Waals surface area (Å²) in [5, 5.41) is 7.30. The molecule has 0 amide bonds. The van der Waals surface area contributed by atoms with E-state index in [1.54, 1.807) is 0 Å². The minimum absolute atomic E-state index is 0.620. The first-order chi connectivity index (χ1) is 43.7. The zero-order chi connectivity index (χ0) is 57.9. The second-order valence-corrected chi connectivity index (χ2v) is 23.8. The van der Waals surface area contributed by atoms with Crippen molar-refractivity contribution in [1.82, 2.24) is 4.57 Å². The lowest BCUT2D eigenvalue weighted by atomic mass is 9.66. The van der Waals surface area contributed by atoms with Gasteiger partial charge in [0.1, 0.15) is 0 Å². The Labute approximate surface area is 512 Å². The number of aromatic nitrogens is 1. The van der Waals surface area contributed by atoms with Gasteiger partial charge in [-0.2, -0.15) is 0 Å². The summed E-state index contributed by atoms with van der Waals surface area (Å²) in [5.41, 5.74) is 25.3. The fraction of sp³-hybridized carbons (Fsp3) is 0.0233. The standard InChI is InChI=1S/C86H56N2/c1-7-25-58(26-8-1)68-50-45-60-54-75(68)82-83-76(70-38-20-23-41-78(70)86(83,63-31-13-4-14-32-63)64-33-15-5-16-34-64)56-73(60)84(82)87(66-47-43-57(44-48-66)59-46-52-81-74(53-59)72-39-21-24-42-80(72)88(81)65-35-17-6-18-36-65)67-49-51-71-69-37-19-22-40-77(69)85(79(71)55-67,61-27-9-2-10-28-61)62-29-11-3-12-30-62/h1-56H. The average Bonchev–Trinajstić information content (AvgIpc) is 1.60. The fourth-order valence-corrected chi connectivity index (χ4v) is 15.9. The Kier molecular flexibility index (Phi) is 11.2. The number of nitrogens with zero attached hydrogens (tertiary/aromatic N) is 2. The lowest BCUT2D eigenvalue weighted by Gasteiger charge is -2.38. The van der Waals surface area contributed by atoms with Gasteiger partial charge in [-0.1, -0.05) is 273 Å². The van der Waals surface area contributed by atoms with Gasteiger partial charge >= 0.3 is 0 Å². The van der Waals surface area contributed by atoms with Crippen molar-refractivity contribution in [3.05, 3.63) is 384 Å². The zero-order valence-corrected chi connectivity index (χ0v) is 48.2. The monoisotopic (exact) mass is 1120 g/mol. The Morgan fingerprint density at radius 1 is 0.261 bits per heavy atom. The lowest BCUT2D eigenvalue weighted by molar-refractivity contribution is 0.768. The molecule has 0 saturated heterocycles. The van der Waals surface area contributed by atoms with Crippen LogP contribution in [0.2, 0.25) is 0 Å². The third kappa shape index (κ3) is 7.12. The van der Waals surface area contributed by atoms with Crippen LogP contribution in [0.25, 0.3) is 93.5 Å². The van der Waals surface area contributed by atoms with Crippen LogP contribution in [-0.4, -0.2) is 4.57 Å². The van der Waals surface area contributed by atoms with Gasteiger partial charge in [-0.15, -0.1) is 0 Å². The van der Waals surface area contributed by atoms with Crippen LogP contribution in [0.5, 0.6) is 0 Å². The molecule has 0 N–H and O–H groups in total. The largest absolute Gasteiger partial charge is 0.309 e. The quantitative estimate of drug-likeness (QED) is 0.132. The van der Waals surface area contributed by atoms with E-state index in [9.17, 15) is 0 Å². The van der Waals surface area contributed by atoms with E-state index in [1.165, 1.54) is 127 Å². The molecule has 0 aliphatic heterocycles. The molecule has 0 fully saturated rings. The highest BCUT2D eigenvalue weighted by Crippen LogP contribution is 2.64. The molecule has 410 valence electrons. The number of fused-ring (bicyclic) bond motifs is 16. The Balaban J connectivity index is 0.955. The van der Waals surface area contributed by atoms with Gasteiger partial charge in [0.15, 0.2) is 0 Å². The fourth-order valence-electron chi connectivity index (χ4n) is 15.9. The van der Waals surface area contributed by atoms with E-state index >= 15 is 0 Å². The summed E-state index contributed by atoms with van der Waals surface area (Å²) in [6.07, 6.45) is 0. The van der Waals surface area contributed by atoms with Gasteiger partial charge in [0.2, 0.25) is 0 Å². The van der Waals surface area contributed by atoms with Crippen LogP contribution in [0.1, 0.15) is 44.5 Å². The van der Waals surface area contributed by atoms with Crippen molar-refractivity contribution in [3.8, 4) is 50.2 Å². The molecule has 2 nitrogen and oxygen atoms in total. The molecule has 2 aliphatic carbocycles. The van der Waals surface area contributed by atoms with Crippen molar-refractivity contribution < 1.29 is 0 Å². The highest BCUT2D eigenvalue weighted by Gasteiger charge is 2.50. The average molecular weight is 1120 g/mol. The summed E-state index contributed by atoms with van der Waals surface area (Å²) >= 11 is 0. The minimum atomic E-state index is -0.703. The minimum Gasteiger partial charge on any atom is -0.309 e. The van der Waals surface area contributed by atoms with E-state index in [0.29, 0.717) is 0 Å². The van der Waals surface area contributed by atoms with Crippen molar-refractivity contribution in [3.63, 3.8) is 0 Å². The second kappa shape index (κ2) is 19.6. The van der Waals surface area contributed by atoms with Crippen molar-refractivity contribution in [2.45, 2.75) is 10.8 Å². The summed E-state index contributed by atoms with van der Waals surface area (Å²) in [4.78, 5) is 2.63. The summed E-state index contributed by atoms with van der Waals surface area (Å²) in [5.74, 6) is 0. The maximum absolute atomic E-state index is 2.63. The Bertz CT molecular complexity index is 5260. The van der Waals surface area contributed by atoms with E-state index in [1.807, 2.05) is 0 Å². The van der Waals surface area contributed by atoms with E-state index < -0.39 is 10.8 Å². The number of para-hydroxylation sites is 2. The third-order valence-corrected chi connectivity index (χ3v) is 19.5. The highest BCUT2D eigenvalue weighted by atomic mass is 15.1. The predicted molar refractivity (Wildman–Crippen MR) is 367 cm³/mol. The Hall–Kier alpha value is -11.3. The van der Waals surface area contributed by atoms with Gasteiger partial charge in [0.25, 0.3) is 0 Å². The van der Waals surface area contributed by atoms with Crippen molar-refractivity contribution in [2.75, 3.05) is 4.90 Å². The van der Waals surface area contributed by atoms with Gasteiger partial charge < -0.3 is 9.47 Å². The van der Waals surface area contributed by atoms with Crippen LogP contribution in [-0.2, 0) is 10.8 Å². The smallest absolute Gasteiger partial charge is 0.0720 e. The maximum Gasteiger partial charge on any atom is 0.0720 e. The molecule has 2 heteroatoms. The molecular weight excluding hydrogens is 1060 g/mol. The number of benzene rings is 15. The molecule has 15 aromatic carbocycles. The Morgan fingerprint density at radius 3 is 1.40 bits per heavy atom. The van der Waals surface area contributed by atoms with E-state index in [4.69, 9.17) is 0 Å². The molecule has 0 unspecified atom stereocenters. The van der Waals surface area contributed by atoms with E-state index in [-0.39, 0.29) is 0 Å². The first kappa shape index (κ1) is 50.0. The maximum atomic E-state index is 2.63. The topological polar surface area (TPSA) is 8.17 Å². The first-order valence-electron chi connectivity index (χ1n) is 30.7. The highest BCUT2D eigenvalue weighted by molar-refractivity contribution is 6.23. The molecule has 1 aromatic heterocycles. The molecule has 16 aromatic rings.